The average molecular weight is 484 g/mol. The van der Waals surface area contributed by atoms with Gasteiger partial charge in [-0.15, -0.1) is 16.8 Å². The monoisotopic (exact) mass is 483 g/mol. The van der Waals surface area contributed by atoms with Gasteiger partial charge in [-0.3, -0.25) is 9.59 Å². The number of aryl methyl sites for hydroxylation is 2. The van der Waals surface area contributed by atoms with Crippen LogP contribution in [0.3, 0.4) is 0 Å². The second kappa shape index (κ2) is 11.2. The first-order valence-electron chi connectivity index (χ1n) is 10.4. The third kappa shape index (κ3) is 6.24. The van der Waals surface area contributed by atoms with Gasteiger partial charge in [-0.1, -0.05) is 47.6 Å². The summed E-state index contributed by atoms with van der Waals surface area (Å²) in [6.45, 7) is 10.0. The number of amides is 2. The van der Waals surface area contributed by atoms with E-state index in [1.807, 2.05) is 43.5 Å². The second-order valence-electron chi connectivity index (χ2n) is 7.55. The van der Waals surface area contributed by atoms with Crippen molar-refractivity contribution in [2.24, 2.45) is 0 Å². The van der Waals surface area contributed by atoms with Crippen LogP contribution in [0.4, 0.5) is 5.69 Å². The van der Waals surface area contributed by atoms with Crippen LogP contribution >= 0.6 is 23.4 Å². The van der Waals surface area contributed by atoms with Gasteiger partial charge in [0, 0.05) is 22.8 Å². The van der Waals surface area contributed by atoms with E-state index >= 15 is 0 Å². The van der Waals surface area contributed by atoms with E-state index in [2.05, 4.69) is 27.4 Å². The molecule has 33 heavy (non-hydrogen) atoms. The van der Waals surface area contributed by atoms with Crippen molar-refractivity contribution >= 4 is 40.9 Å². The van der Waals surface area contributed by atoms with Crippen molar-refractivity contribution in [3.63, 3.8) is 0 Å². The summed E-state index contributed by atoms with van der Waals surface area (Å²) in [5.41, 5.74) is 3.35. The molecule has 0 saturated carbocycles. The maximum absolute atomic E-state index is 12.6. The lowest BCUT2D eigenvalue weighted by atomic mass is 10.1. The zero-order valence-corrected chi connectivity index (χ0v) is 20.3. The fourth-order valence-electron chi connectivity index (χ4n) is 3.29. The molecule has 2 amide bonds. The Hall–Kier alpha value is -3.10. The number of nitrogens with one attached hydrogen (secondary N) is 2. The number of aromatic nitrogens is 3. The Morgan fingerprint density at radius 2 is 1.82 bits per heavy atom. The molecule has 3 aromatic rings. The summed E-state index contributed by atoms with van der Waals surface area (Å²) in [5.74, 6) is 0.384. The Bertz CT molecular complexity index is 1140. The van der Waals surface area contributed by atoms with Gasteiger partial charge in [0.25, 0.3) is 5.91 Å². The van der Waals surface area contributed by atoms with E-state index in [-0.39, 0.29) is 17.6 Å². The summed E-state index contributed by atoms with van der Waals surface area (Å²) >= 11 is 7.18. The molecule has 172 valence electrons. The molecule has 0 aliphatic carbocycles. The van der Waals surface area contributed by atoms with E-state index in [4.69, 9.17) is 11.6 Å². The minimum Gasteiger partial charge on any atom is -0.342 e. The van der Waals surface area contributed by atoms with Gasteiger partial charge in [-0.05, 0) is 56.2 Å². The van der Waals surface area contributed by atoms with Crippen LogP contribution in [0.15, 0.2) is 60.3 Å². The first kappa shape index (κ1) is 24.5. The molecular formula is C24H26ClN5O2S. The van der Waals surface area contributed by atoms with Gasteiger partial charge in [0.15, 0.2) is 11.0 Å². The van der Waals surface area contributed by atoms with Gasteiger partial charge in [0.05, 0.1) is 11.8 Å². The maximum Gasteiger partial charge on any atom is 0.251 e. The smallest absolute Gasteiger partial charge is 0.251 e. The highest BCUT2D eigenvalue weighted by Crippen LogP contribution is 2.23. The molecule has 0 fully saturated rings. The maximum atomic E-state index is 12.6. The van der Waals surface area contributed by atoms with Crippen molar-refractivity contribution in [2.75, 3.05) is 11.1 Å². The summed E-state index contributed by atoms with van der Waals surface area (Å²) in [6, 6.07) is 12.1. The summed E-state index contributed by atoms with van der Waals surface area (Å²) in [7, 11) is 0. The number of carbonyl (C=O) groups is 2. The van der Waals surface area contributed by atoms with E-state index in [1.54, 1.807) is 30.3 Å². The lowest BCUT2D eigenvalue weighted by Crippen LogP contribution is -2.28. The van der Waals surface area contributed by atoms with Crippen LogP contribution in [0.2, 0.25) is 5.02 Å². The molecule has 0 aliphatic rings. The number of para-hydroxylation sites is 1. The number of rotatable bonds is 9. The zero-order valence-electron chi connectivity index (χ0n) is 18.8. The third-order valence-corrected chi connectivity index (χ3v) is 6.20. The number of allylic oxidation sites excluding steroid dienone is 1. The molecule has 0 bridgehead atoms. The van der Waals surface area contributed by atoms with Crippen molar-refractivity contribution in [3.8, 4) is 0 Å². The molecule has 1 atom stereocenters. The molecule has 9 heteroatoms. The Balaban J connectivity index is 1.68. The molecule has 2 N–H and O–H groups in total. The fourth-order valence-corrected chi connectivity index (χ4v) is 4.17. The number of hydrogen-bond acceptors (Lipinski definition) is 5. The van der Waals surface area contributed by atoms with E-state index in [9.17, 15) is 9.59 Å². The highest BCUT2D eigenvalue weighted by atomic mass is 35.5. The molecule has 0 saturated heterocycles. The van der Waals surface area contributed by atoms with Gasteiger partial charge >= 0.3 is 0 Å². The fraction of sp³-hybridized carbons (Fsp3) is 0.250. The number of thioether (sulfide) groups is 1. The van der Waals surface area contributed by atoms with Gasteiger partial charge in [0.2, 0.25) is 5.91 Å². The van der Waals surface area contributed by atoms with E-state index < -0.39 is 6.04 Å². The van der Waals surface area contributed by atoms with Crippen LogP contribution in [0.1, 0.15) is 40.3 Å². The highest BCUT2D eigenvalue weighted by molar-refractivity contribution is 7.99. The van der Waals surface area contributed by atoms with Gasteiger partial charge in [-0.25, -0.2) is 0 Å². The summed E-state index contributed by atoms with van der Waals surface area (Å²) in [6.07, 6.45) is 1.72. The van der Waals surface area contributed by atoms with Crippen LogP contribution in [-0.2, 0) is 11.3 Å². The highest BCUT2D eigenvalue weighted by Gasteiger charge is 2.20. The number of benzene rings is 2. The van der Waals surface area contributed by atoms with Crippen molar-refractivity contribution in [3.05, 3.63) is 82.7 Å². The summed E-state index contributed by atoms with van der Waals surface area (Å²) < 4.78 is 1.84. The summed E-state index contributed by atoms with van der Waals surface area (Å²) in [5, 5.41) is 15.5. The quantitative estimate of drug-likeness (QED) is 0.332. The van der Waals surface area contributed by atoms with Crippen molar-refractivity contribution in [1.82, 2.24) is 20.1 Å². The Kier molecular flexibility index (Phi) is 8.30. The standard InChI is InChI=1S/C24H26ClN5O2S/c1-5-13-30-22(17(4)26-23(32)18-9-11-19(25)12-10-18)28-29-24(30)33-14-20(31)27-21-15(2)7-6-8-16(21)3/h5-12,17H,1,13-14H2,2-4H3,(H,26,32)(H,27,31)/t17-/m1/s1. The van der Waals surface area contributed by atoms with E-state index in [0.29, 0.717) is 28.1 Å². The molecule has 0 unspecified atom stereocenters. The molecule has 0 aliphatic heterocycles. The minimum atomic E-state index is -0.404. The van der Waals surface area contributed by atoms with Crippen LogP contribution in [0.25, 0.3) is 0 Å². The predicted molar refractivity (Wildman–Crippen MR) is 133 cm³/mol. The summed E-state index contributed by atoms with van der Waals surface area (Å²) in [4.78, 5) is 25.1. The van der Waals surface area contributed by atoms with Gasteiger partial charge in [-0.2, -0.15) is 0 Å². The van der Waals surface area contributed by atoms with Crippen LogP contribution in [0, 0.1) is 13.8 Å². The van der Waals surface area contributed by atoms with Crippen LogP contribution < -0.4 is 10.6 Å². The molecule has 1 aromatic heterocycles. The number of carbonyl (C=O) groups excluding carboxylic acids is 2. The largest absolute Gasteiger partial charge is 0.342 e. The number of nitrogens with zero attached hydrogens (tertiary/aromatic N) is 3. The lowest BCUT2D eigenvalue weighted by Gasteiger charge is -2.15. The van der Waals surface area contributed by atoms with E-state index in [1.165, 1.54) is 11.8 Å². The third-order valence-electron chi connectivity index (χ3n) is 4.98. The topological polar surface area (TPSA) is 88.9 Å². The van der Waals surface area contributed by atoms with Gasteiger partial charge in [0.1, 0.15) is 0 Å². The Morgan fingerprint density at radius 1 is 1.15 bits per heavy atom. The zero-order chi connectivity index (χ0) is 24.0. The van der Waals surface area contributed by atoms with Crippen LogP contribution in [0.5, 0.6) is 0 Å². The lowest BCUT2D eigenvalue weighted by molar-refractivity contribution is -0.113. The van der Waals surface area contributed by atoms with Crippen molar-refractivity contribution < 1.29 is 9.59 Å². The first-order chi connectivity index (χ1) is 15.8. The second-order valence-corrected chi connectivity index (χ2v) is 8.92. The van der Waals surface area contributed by atoms with Crippen molar-refractivity contribution in [1.29, 1.82) is 0 Å². The molecule has 2 aromatic carbocycles. The first-order valence-corrected chi connectivity index (χ1v) is 11.8. The number of hydrogen-bond donors (Lipinski definition) is 2. The van der Waals surface area contributed by atoms with Crippen molar-refractivity contribution in [2.45, 2.75) is 38.5 Å². The molecular weight excluding hydrogens is 458 g/mol. The van der Waals surface area contributed by atoms with Gasteiger partial charge < -0.3 is 15.2 Å². The Labute approximate surface area is 202 Å². The molecule has 0 radical (unpaired) electrons. The van der Waals surface area contributed by atoms with Crippen LogP contribution in [-0.4, -0.2) is 32.3 Å². The SMILES string of the molecule is C=CCn1c(SCC(=O)Nc2c(C)cccc2C)nnc1[C@@H](C)NC(=O)c1ccc(Cl)cc1. The average Bonchev–Trinajstić information content (AvgIpc) is 3.18. The molecule has 1 heterocycles. The minimum absolute atomic E-state index is 0.129. The van der Waals surface area contributed by atoms with E-state index in [0.717, 1.165) is 16.8 Å². The Morgan fingerprint density at radius 3 is 2.45 bits per heavy atom. The molecule has 7 nitrogen and oxygen atoms in total. The number of halogens is 1. The molecule has 3 rings (SSSR count). The normalized spacial score (nSPS) is 11.6. The number of anilines is 1. The molecule has 0 spiro atoms. The predicted octanol–water partition coefficient (Wildman–Crippen LogP) is 4.96.